The number of hydrogen-bond donors (Lipinski definition) is 2. The number of benzene rings is 1. The summed E-state index contributed by atoms with van der Waals surface area (Å²) >= 11 is 3.51. The van der Waals surface area contributed by atoms with Crippen LogP contribution in [0.15, 0.2) is 28.7 Å². The van der Waals surface area contributed by atoms with Gasteiger partial charge in [-0.25, -0.2) is 4.68 Å². The van der Waals surface area contributed by atoms with Crippen molar-refractivity contribution in [3.8, 4) is 0 Å². The molecule has 0 aliphatic heterocycles. The number of rotatable bonds is 4. The van der Waals surface area contributed by atoms with Crippen molar-refractivity contribution in [1.82, 2.24) is 14.8 Å². The summed E-state index contributed by atoms with van der Waals surface area (Å²) in [5, 5.41) is 7.47. The van der Waals surface area contributed by atoms with E-state index in [0.717, 1.165) is 10.0 Å². The quantitative estimate of drug-likeness (QED) is 0.910. The number of nitrogens with two attached hydrogens (primary N) is 1. The molecule has 6 heteroatoms. The molecule has 18 heavy (non-hydrogen) atoms. The van der Waals surface area contributed by atoms with Gasteiger partial charge in [0.05, 0.1) is 6.54 Å². The summed E-state index contributed by atoms with van der Waals surface area (Å²) in [6, 6.07) is 8.27. The number of nitrogens with one attached hydrogen (secondary N) is 1. The van der Waals surface area contributed by atoms with Crippen LogP contribution in [0.1, 0.15) is 19.4 Å². The third kappa shape index (κ3) is 3.01. The molecule has 0 aliphatic carbocycles. The van der Waals surface area contributed by atoms with E-state index in [4.69, 9.17) is 5.73 Å². The highest BCUT2D eigenvalue weighted by Gasteiger charge is 2.09. The van der Waals surface area contributed by atoms with Crippen LogP contribution < -0.4 is 11.1 Å². The molecule has 1 aromatic carbocycles. The fourth-order valence-corrected chi connectivity index (χ4v) is 1.99. The lowest BCUT2D eigenvalue weighted by molar-refractivity contribution is 0.693. The minimum absolute atomic E-state index is 0.281. The van der Waals surface area contributed by atoms with E-state index in [1.165, 1.54) is 0 Å². The SMILES string of the molecule is CC(C)Nc1nc(N)n(Cc2ccccc2Br)n1. The second-order valence-corrected chi connectivity index (χ2v) is 5.20. The van der Waals surface area contributed by atoms with Crippen LogP contribution in [0.5, 0.6) is 0 Å². The van der Waals surface area contributed by atoms with Crippen molar-refractivity contribution in [3.63, 3.8) is 0 Å². The van der Waals surface area contributed by atoms with Gasteiger partial charge in [-0.3, -0.25) is 0 Å². The Hall–Kier alpha value is -1.56. The Morgan fingerprint density at radius 3 is 2.78 bits per heavy atom. The number of hydrogen-bond acceptors (Lipinski definition) is 4. The maximum absolute atomic E-state index is 5.85. The summed E-state index contributed by atoms with van der Waals surface area (Å²) in [4.78, 5) is 4.18. The van der Waals surface area contributed by atoms with Gasteiger partial charge in [0.1, 0.15) is 0 Å². The van der Waals surface area contributed by atoms with Gasteiger partial charge in [0.25, 0.3) is 0 Å². The number of aromatic nitrogens is 3. The van der Waals surface area contributed by atoms with Crippen molar-refractivity contribution in [2.24, 2.45) is 0 Å². The molecule has 5 nitrogen and oxygen atoms in total. The average molecular weight is 310 g/mol. The zero-order chi connectivity index (χ0) is 13.1. The van der Waals surface area contributed by atoms with Crippen molar-refractivity contribution >= 4 is 27.8 Å². The molecule has 2 aromatic rings. The fourth-order valence-electron chi connectivity index (χ4n) is 1.58. The van der Waals surface area contributed by atoms with Gasteiger partial charge in [-0.15, -0.1) is 5.10 Å². The van der Waals surface area contributed by atoms with Gasteiger partial charge in [-0.05, 0) is 25.5 Å². The van der Waals surface area contributed by atoms with Gasteiger partial charge in [0.15, 0.2) is 0 Å². The van der Waals surface area contributed by atoms with Crippen LogP contribution in [0, 0.1) is 0 Å². The molecular formula is C12H16BrN5. The smallest absolute Gasteiger partial charge is 0.244 e. The lowest BCUT2D eigenvalue weighted by atomic mass is 10.2. The summed E-state index contributed by atoms with van der Waals surface area (Å²) in [7, 11) is 0. The predicted octanol–water partition coefficient (Wildman–Crippen LogP) is 2.49. The maximum atomic E-state index is 5.85. The molecule has 0 amide bonds. The Labute approximate surface area is 115 Å². The molecule has 0 saturated heterocycles. The summed E-state index contributed by atoms with van der Waals surface area (Å²) in [5.41, 5.74) is 6.96. The van der Waals surface area contributed by atoms with E-state index in [1.807, 2.05) is 38.1 Å². The highest BCUT2D eigenvalue weighted by atomic mass is 79.9. The lowest BCUT2D eigenvalue weighted by Crippen LogP contribution is -2.11. The Kier molecular flexibility index (Phi) is 3.86. The molecule has 0 fully saturated rings. The molecule has 0 radical (unpaired) electrons. The molecule has 1 aromatic heterocycles. The van der Waals surface area contributed by atoms with E-state index in [-0.39, 0.29) is 6.04 Å². The molecule has 0 saturated carbocycles. The fraction of sp³-hybridized carbons (Fsp3) is 0.333. The standard InChI is InChI=1S/C12H16BrN5/c1-8(2)15-12-16-11(14)18(17-12)7-9-5-3-4-6-10(9)13/h3-6,8H,7H2,1-2H3,(H3,14,15,16,17). The second kappa shape index (κ2) is 5.39. The number of nitrogen functional groups attached to an aromatic ring is 1. The van der Waals surface area contributed by atoms with Crippen LogP contribution in [0.3, 0.4) is 0 Å². The largest absolute Gasteiger partial charge is 0.368 e. The monoisotopic (exact) mass is 309 g/mol. The van der Waals surface area contributed by atoms with Gasteiger partial charge in [0.2, 0.25) is 11.9 Å². The van der Waals surface area contributed by atoms with Gasteiger partial charge < -0.3 is 11.1 Å². The van der Waals surface area contributed by atoms with Crippen LogP contribution in [-0.4, -0.2) is 20.8 Å². The third-order valence-corrected chi connectivity index (χ3v) is 3.17. The van der Waals surface area contributed by atoms with E-state index in [2.05, 4.69) is 31.3 Å². The lowest BCUT2D eigenvalue weighted by Gasteiger charge is -2.05. The molecule has 2 rings (SSSR count). The zero-order valence-electron chi connectivity index (χ0n) is 10.4. The second-order valence-electron chi connectivity index (χ2n) is 4.34. The van der Waals surface area contributed by atoms with Crippen molar-refractivity contribution < 1.29 is 0 Å². The first-order chi connectivity index (χ1) is 8.56. The molecule has 0 bridgehead atoms. The summed E-state index contributed by atoms with van der Waals surface area (Å²) in [5.74, 6) is 0.975. The Morgan fingerprint density at radius 2 is 2.11 bits per heavy atom. The molecular weight excluding hydrogens is 294 g/mol. The molecule has 0 atom stereocenters. The summed E-state index contributed by atoms with van der Waals surface area (Å²) in [6.07, 6.45) is 0. The third-order valence-electron chi connectivity index (χ3n) is 2.40. The van der Waals surface area contributed by atoms with Crippen LogP contribution in [0.4, 0.5) is 11.9 Å². The van der Waals surface area contributed by atoms with Crippen LogP contribution >= 0.6 is 15.9 Å². The summed E-state index contributed by atoms with van der Waals surface area (Å²) < 4.78 is 2.73. The predicted molar refractivity (Wildman–Crippen MR) is 76.4 cm³/mol. The first-order valence-electron chi connectivity index (χ1n) is 5.76. The maximum Gasteiger partial charge on any atom is 0.244 e. The van der Waals surface area contributed by atoms with Crippen molar-refractivity contribution in [2.45, 2.75) is 26.4 Å². The van der Waals surface area contributed by atoms with Crippen molar-refractivity contribution in [3.05, 3.63) is 34.3 Å². The molecule has 96 valence electrons. The zero-order valence-corrected chi connectivity index (χ0v) is 12.0. The van der Waals surface area contributed by atoms with E-state index < -0.39 is 0 Å². The molecule has 0 spiro atoms. The molecule has 1 heterocycles. The first-order valence-corrected chi connectivity index (χ1v) is 6.56. The number of nitrogens with zero attached hydrogens (tertiary/aromatic N) is 3. The van der Waals surface area contributed by atoms with Crippen LogP contribution in [0.25, 0.3) is 0 Å². The van der Waals surface area contributed by atoms with Gasteiger partial charge in [-0.2, -0.15) is 4.98 Å². The number of halogens is 1. The van der Waals surface area contributed by atoms with Crippen LogP contribution in [-0.2, 0) is 6.54 Å². The highest BCUT2D eigenvalue weighted by Crippen LogP contribution is 2.18. The minimum atomic E-state index is 0.281. The topological polar surface area (TPSA) is 68.8 Å². The van der Waals surface area contributed by atoms with E-state index in [9.17, 15) is 0 Å². The van der Waals surface area contributed by atoms with E-state index >= 15 is 0 Å². The number of anilines is 2. The molecule has 3 N–H and O–H groups in total. The normalized spacial score (nSPS) is 10.9. The Balaban J connectivity index is 2.19. The Bertz CT molecular complexity index is 535. The van der Waals surface area contributed by atoms with Gasteiger partial charge in [-0.1, -0.05) is 34.1 Å². The van der Waals surface area contributed by atoms with E-state index in [1.54, 1.807) is 4.68 Å². The minimum Gasteiger partial charge on any atom is -0.368 e. The van der Waals surface area contributed by atoms with Crippen LogP contribution in [0.2, 0.25) is 0 Å². The molecule has 0 aliphatic rings. The summed E-state index contributed by atoms with van der Waals surface area (Å²) in [6.45, 7) is 4.66. The van der Waals surface area contributed by atoms with Crippen molar-refractivity contribution in [1.29, 1.82) is 0 Å². The Morgan fingerprint density at radius 1 is 1.39 bits per heavy atom. The van der Waals surface area contributed by atoms with E-state index in [0.29, 0.717) is 18.4 Å². The van der Waals surface area contributed by atoms with Crippen molar-refractivity contribution in [2.75, 3.05) is 11.1 Å². The first kappa shape index (κ1) is 12.9. The van der Waals surface area contributed by atoms with Gasteiger partial charge >= 0.3 is 0 Å². The average Bonchev–Trinajstić information content (AvgIpc) is 2.61. The molecule has 0 unspecified atom stereocenters. The highest BCUT2D eigenvalue weighted by molar-refractivity contribution is 9.10. The van der Waals surface area contributed by atoms with Gasteiger partial charge in [0, 0.05) is 10.5 Å².